The first-order chi connectivity index (χ1) is 26.2. The number of hydrogen-bond acceptors (Lipinski definition) is 2. The van der Waals surface area contributed by atoms with Crippen LogP contribution in [0.5, 0.6) is 0 Å². The molecule has 3 aromatic heterocycles. The molecule has 0 bridgehead atoms. The van der Waals surface area contributed by atoms with Crippen molar-refractivity contribution in [2.75, 3.05) is 4.90 Å². The van der Waals surface area contributed by atoms with Crippen LogP contribution in [0.1, 0.15) is 20.8 Å². The first kappa shape index (κ1) is 27.4. The maximum atomic E-state index is 8.23. The summed E-state index contributed by atoms with van der Waals surface area (Å²) in [5, 5.41) is 2.30. The van der Waals surface area contributed by atoms with Gasteiger partial charge < -0.3 is 4.90 Å². The Hall–Kier alpha value is -6.46. The van der Waals surface area contributed by atoms with Crippen LogP contribution >= 0.6 is 0 Å². The van der Waals surface area contributed by atoms with E-state index < -0.39 is 6.98 Å². The Morgan fingerprint density at radius 2 is 1.27 bits per heavy atom. The highest BCUT2D eigenvalue weighted by molar-refractivity contribution is 6.10. The zero-order chi connectivity index (χ0) is 37.1. The highest BCUT2D eigenvalue weighted by Gasteiger charge is 2.22. The summed E-state index contributed by atoms with van der Waals surface area (Å²) in [5.41, 5.74) is 13.3. The smallest absolute Gasteiger partial charge is 0.191 e. The van der Waals surface area contributed by atoms with Crippen LogP contribution in [0.3, 0.4) is 0 Å². The summed E-state index contributed by atoms with van der Waals surface area (Å²) in [7, 11) is 0. The molecular formula is C46H38N5+. The third kappa shape index (κ3) is 5.09. The fourth-order valence-corrected chi connectivity index (χ4v) is 7.61. The number of imidazole rings is 1. The molecule has 0 atom stereocenters. The number of benzene rings is 6. The molecule has 9 rings (SSSR count). The number of hydrogen-bond donors (Lipinski definition) is 0. The third-order valence-electron chi connectivity index (χ3n) is 10.0. The van der Waals surface area contributed by atoms with Crippen molar-refractivity contribution < 1.29 is 4.11 Å². The molecule has 0 N–H and O–H groups in total. The number of rotatable bonds is 6. The van der Waals surface area contributed by atoms with Crippen LogP contribution in [-0.2, 0) is 6.98 Å². The molecule has 0 spiro atoms. The molecule has 0 unspecified atom stereocenters. The van der Waals surface area contributed by atoms with Crippen molar-refractivity contribution in [1.82, 2.24) is 18.7 Å². The number of fused-ring (bicyclic) bond motifs is 4. The van der Waals surface area contributed by atoms with E-state index in [2.05, 4.69) is 139 Å². The SMILES string of the molecule is [2H]C([2H])([2H])n1[cH+]n(-c2cccc(N(c3ccc4c5ccccc5n(-c5cc(-c6ccccc6C)ccn5)c4c3)c3c(C)cccc3C)c2)c2ccccc21. The van der Waals surface area contributed by atoms with E-state index in [1.54, 1.807) is 6.33 Å². The van der Waals surface area contributed by atoms with Crippen molar-refractivity contribution in [3.05, 3.63) is 175 Å². The first-order valence-electron chi connectivity index (χ1n) is 18.7. The fraction of sp³-hybridized carbons (Fsp3) is 0.0870. The standard InChI is InChI=1S/C46H38N5/c1-31-13-5-6-18-38(31)34-25-26-47-45(27-34)51-41-20-8-7-19-39(41)40-24-23-37(29-44(40)51)50(46-32(2)14-11-15-33(46)3)36-17-12-16-35(28-36)49-30-48(4)42-21-9-10-22-43(42)49/h5-30H,1-4H3/q+1/i4D3. The summed E-state index contributed by atoms with van der Waals surface area (Å²) in [6.45, 7) is 4.11. The van der Waals surface area contributed by atoms with Gasteiger partial charge in [-0.2, -0.15) is 4.57 Å². The van der Waals surface area contributed by atoms with E-state index in [-0.39, 0.29) is 0 Å². The predicted molar refractivity (Wildman–Crippen MR) is 213 cm³/mol. The van der Waals surface area contributed by atoms with E-state index in [4.69, 9.17) is 9.10 Å². The molecule has 9 aromatic rings. The highest BCUT2D eigenvalue weighted by Crippen LogP contribution is 2.42. The van der Waals surface area contributed by atoms with Crippen molar-refractivity contribution >= 4 is 49.9 Å². The van der Waals surface area contributed by atoms with Crippen molar-refractivity contribution in [3.63, 3.8) is 0 Å². The molecule has 0 saturated heterocycles. The van der Waals surface area contributed by atoms with Gasteiger partial charge in [-0.25, -0.2) is 9.55 Å². The van der Waals surface area contributed by atoms with Gasteiger partial charge in [0.1, 0.15) is 11.5 Å². The number of para-hydroxylation sites is 4. The minimum atomic E-state index is -2.32. The Morgan fingerprint density at radius 1 is 0.588 bits per heavy atom. The maximum absolute atomic E-state index is 8.23. The average molecular weight is 664 g/mol. The van der Waals surface area contributed by atoms with Gasteiger partial charge in [0.25, 0.3) is 0 Å². The van der Waals surface area contributed by atoms with Gasteiger partial charge in [-0.05, 0) is 103 Å². The lowest BCUT2D eigenvalue weighted by molar-refractivity contribution is 0.911. The van der Waals surface area contributed by atoms with Crippen LogP contribution in [0, 0.1) is 20.8 Å². The second-order valence-electron chi connectivity index (χ2n) is 13.2. The van der Waals surface area contributed by atoms with Crippen molar-refractivity contribution in [1.29, 1.82) is 0 Å². The van der Waals surface area contributed by atoms with Gasteiger partial charge in [0.15, 0.2) is 17.4 Å². The van der Waals surface area contributed by atoms with Crippen LogP contribution < -0.4 is 4.90 Å². The van der Waals surface area contributed by atoms with E-state index in [1.165, 1.54) is 15.7 Å². The number of anilines is 3. The summed E-state index contributed by atoms with van der Waals surface area (Å²) < 4.78 is 30.3. The molecule has 3 heterocycles. The van der Waals surface area contributed by atoms with Gasteiger partial charge >= 0.3 is 0 Å². The highest BCUT2D eigenvalue weighted by atomic mass is 15.2. The van der Waals surface area contributed by atoms with Crippen LogP contribution in [-0.4, -0.2) is 18.7 Å². The summed E-state index contributed by atoms with van der Waals surface area (Å²) in [6, 6.07) is 50.2. The lowest BCUT2D eigenvalue weighted by Crippen LogP contribution is -2.13. The van der Waals surface area contributed by atoms with Gasteiger partial charge in [-0.3, -0.25) is 4.57 Å². The van der Waals surface area contributed by atoms with Gasteiger partial charge in [-0.15, -0.1) is 0 Å². The fourth-order valence-electron chi connectivity index (χ4n) is 7.61. The molecule has 51 heavy (non-hydrogen) atoms. The van der Waals surface area contributed by atoms with Gasteiger partial charge in [0.05, 0.1) is 22.4 Å². The predicted octanol–water partition coefficient (Wildman–Crippen LogP) is 11.8. The van der Waals surface area contributed by atoms with Crippen LogP contribution in [0.2, 0.25) is 0 Å². The largest absolute Gasteiger partial charge is 0.309 e. The monoisotopic (exact) mass is 663 g/mol. The number of aromatic nitrogens is 4. The molecule has 0 aliphatic rings. The number of nitrogens with zero attached hydrogens (tertiary/aromatic N) is 5. The third-order valence-corrected chi connectivity index (χ3v) is 10.0. The average Bonchev–Trinajstić information content (AvgIpc) is 3.73. The van der Waals surface area contributed by atoms with E-state index in [0.717, 1.165) is 72.6 Å². The van der Waals surface area contributed by atoms with Crippen LogP contribution in [0.15, 0.2) is 158 Å². The number of aryl methyl sites for hydroxylation is 4. The van der Waals surface area contributed by atoms with Crippen molar-refractivity contribution in [2.45, 2.75) is 20.8 Å². The Bertz CT molecular complexity index is 2860. The molecule has 5 nitrogen and oxygen atoms in total. The lowest BCUT2D eigenvalue weighted by Gasteiger charge is -2.29. The first-order valence-corrected chi connectivity index (χ1v) is 17.2. The van der Waals surface area contributed by atoms with Crippen LogP contribution in [0.25, 0.3) is 55.5 Å². The molecule has 0 saturated carbocycles. The van der Waals surface area contributed by atoms with E-state index in [0.29, 0.717) is 5.52 Å². The van der Waals surface area contributed by atoms with Gasteiger partial charge in [-0.1, -0.05) is 66.7 Å². The molecule has 0 fully saturated rings. The molecule has 0 aliphatic heterocycles. The second-order valence-corrected chi connectivity index (χ2v) is 13.2. The molecule has 0 aliphatic carbocycles. The summed E-state index contributed by atoms with van der Waals surface area (Å²) in [5.74, 6) is 0.849. The normalized spacial score (nSPS) is 12.6. The maximum Gasteiger partial charge on any atom is 0.191 e. The molecule has 6 aromatic carbocycles. The molecule has 0 radical (unpaired) electrons. The Balaban J connectivity index is 1.27. The summed E-state index contributed by atoms with van der Waals surface area (Å²) >= 11 is 0. The Morgan fingerprint density at radius 3 is 2.10 bits per heavy atom. The molecule has 0 amide bonds. The Kier molecular flexibility index (Phi) is 6.52. The van der Waals surface area contributed by atoms with Gasteiger partial charge in [0, 0.05) is 58.0 Å². The molecule has 5 heteroatoms. The van der Waals surface area contributed by atoms with E-state index >= 15 is 0 Å². The quantitative estimate of drug-likeness (QED) is 0.166. The van der Waals surface area contributed by atoms with Crippen LogP contribution in [0.4, 0.5) is 17.1 Å². The van der Waals surface area contributed by atoms with Crippen molar-refractivity contribution in [3.8, 4) is 22.6 Å². The molecule has 246 valence electrons. The minimum Gasteiger partial charge on any atom is -0.309 e. The topological polar surface area (TPSA) is 30.9 Å². The Labute approximate surface area is 302 Å². The zero-order valence-corrected chi connectivity index (χ0v) is 28.7. The summed E-state index contributed by atoms with van der Waals surface area (Å²) in [4.78, 5) is 7.27. The van der Waals surface area contributed by atoms with Gasteiger partial charge in [0.2, 0.25) is 0 Å². The summed E-state index contributed by atoms with van der Waals surface area (Å²) in [6.07, 6.45) is 3.58. The minimum absolute atomic E-state index is 0.646. The van der Waals surface area contributed by atoms with Crippen molar-refractivity contribution in [2.24, 2.45) is 6.98 Å². The zero-order valence-electron chi connectivity index (χ0n) is 31.7. The van der Waals surface area contributed by atoms with E-state index in [1.807, 2.05) is 47.2 Å². The molecular weight excluding hydrogens is 623 g/mol. The lowest BCUT2D eigenvalue weighted by atomic mass is 10.0. The number of pyridine rings is 1. The second kappa shape index (κ2) is 12.1. The van der Waals surface area contributed by atoms with E-state index in [9.17, 15) is 0 Å².